The molecule has 0 unspecified atom stereocenters. The molecule has 3 rings (SSSR count). The smallest absolute Gasteiger partial charge is 0.321 e. The fourth-order valence-electron chi connectivity index (χ4n) is 2.73. The third kappa shape index (κ3) is 4.24. The Kier molecular flexibility index (Phi) is 5.33. The van der Waals surface area contributed by atoms with E-state index in [1.807, 2.05) is 18.2 Å². The van der Waals surface area contributed by atoms with Crippen LogP contribution in [0.3, 0.4) is 0 Å². The number of nitrogens with one attached hydrogen (secondary N) is 1. The molecule has 2 amide bonds. The summed E-state index contributed by atoms with van der Waals surface area (Å²) in [7, 11) is 0. The maximum Gasteiger partial charge on any atom is 0.321 e. The highest BCUT2D eigenvalue weighted by molar-refractivity contribution is 6.31. The largest absolute Gasteiger partial charge is 0.322 e. The molecule has 126 valence electrons. The molecule has 1 heterocycles. The minimum atomic E-state index is -0.496. The van der Waals surface area contributed by atoms with Gasteiger partial charge in [0.15, 0.2) is 0 Å². The van der Waals surface area contributed by atoms with Crippen LogP contribution in [0.15, 0.2) is 48.5 Å². The number of carbonyl (C=O) groups is 1. The van der Waals surface area contributed by atoms with E-state index in [0.717, 1.165) is 19.6 Å². The molecule has 0 atom stereocenters. The molecule has 6 heteroatoms. The van der Waals surface area contributed by atoms with E-state index in [2.05, 4.69) is 22.3 Å². The van der Waals surface area contributed by atoms with Gasteiger partial charge in [0.05, 0.1) is 5.02 Å². The fourth-order valence-corrected chi connectivity index (χ4v) is 2.91. The first-order valence-corrected chi connectivity index (χ1v) is 8.27. The lowest BCUT2D eigenvalue weighted by Crippen LogP contribution is -2.49. The lowest BCUT2D eigenvalue weighted by atomic mass is 10.2. The van der Waals surface area contributed by atoms with Crippen molar-refractivity contribution in [2.45, 2.75) is 6.54 Å². The van der Waals surface area contributed by atoms with Crippen molar-refractivity contribution in [2.24, 2.45) is 0 Å². The second-order valence-electron chi connectivity index (χ2n) is 5.81. The van der Waals surface area contributed by atoms with E-state index in [0.29, 0.717) is 18.8 Å². The highest BCUT2D eigenvalue weighted by Crippen LogP contribution is 2.20. The summed E-state index contributed by atoms with van der Waals surface area (Å²) in [6.45, 7) is 3.87. The molecular weight excluding hydrogens is 329 g/mol. The van der Waals surface area contributed by atoms with Crippen LogP contribution >= 0.6 is 11.6 Å². The van der Waals surface area contributed by atoms with Gasteiger partial charge in [0.1, 0.15) is 5.82 Å². The van der Waals surface area contributed by atoms with Crippen molar-refractivity contribution in [1.29, 1.82) is 0 Å². The quantitative estimate of drug-likeness (QED) is 0.916. The summed E-state index contributed by atoms with van der Waals surface area (Å²) < 4.78 is 13.2. The number of carbonyl (C=O) groups excluding carboxylic acids is 1. The molecule has 4 nitrogen and oxygen atoms in total. The normalized spacial score (nSPS) is 15.3. The van der Waals surface area contributed by atoms with Gasteiger partial charge in [-0.15, -0.1) is 0 Å². The van der Waals surface area contributed by atoms with Crippen molar-refractivity contribution in [1.82, 2.24) is 9.80 Å². The number of hydrogen-bond donors (Lipinski definition) is 1. The second kappa shape index (κ2) is 7.64. The number of benzene rings is 2. The Labute approximate surface area is 145 Å². The summed E-state index contributed by atoms with van der Waals surface area (Å²) >= 11 is 5.73. The van der Waals surface area contributed by atoms with Gasteiger partial charge in [-0.05, 0) is 23.8 Å². The lowest BCUT2D eigenvalue weighted by Gasteiger charge is -2.34. The number of hydrogen-bond acceptors (Lipinski definition) is 2. The zero-order valence-electron chi connectivity index (χ0n) is 13.2. The molecule has 2 aromatic rings. The Morgan fingerprint density at radius 1 is 1.08 bits per heavy atom. The van der Waals surface area contributed by atoms with Crippen LogP contribution in [0.5, 0.6) is 0 Å². The molecule has 1 aliphatic heterocycles. The standard InChI is InChI=1S/C18H19ClFN3O/c19-16-12-15(6-7-17(16)20)21-18(24)23-10-8-22(9-11-23)13-14-4-2-1-3-5-14/h1-7,12H,8-11,13H2,(H,21,24). The summed E-state index contributed by atoms with van der Waals surface area (Å²) in [4.78, 5) is 16.4. The molecule has 1 saturated heterocycles. The molecule has 0 spiro atoms. The topological polar surface area (TPSA) is 35.6 Å². The maximum absolute atomic E-state index is 13.2. The van der Waals surface area contributed by atoms with Gasteiger partial charge in [-0.2, -0.15) is 0 Å². The summed E-state index contributed by atoms with van der Waals surface area (Å²) in [6, 6.07) is 14.3. The molecule has 1 N–H and O–H groups in total. The lowest BCUT2D eigenvalue weighted by molar-refractivity contribution is 0.143. The third-order valence-corrected chi connectivity index (χ3v) is 4.37. The number of urea groups is 1. The van der Waals surface area contributed by atoms with Gasteiger partial charge in [-0.1, -0.05) is 41.9 Å². The highest BCUT2D eigenvalue weighted by atomic mass is 35.5. The summed E-state index contributed by atoms with van der Waals surface area (Å²) in [5, 5.41) is 2.76. The number of anilines is 1. The van der Waals surface area contributed by atoms with Gasteiger partial charge >= 0.3 is 6.03 Å². The van der Waals surface area contributed by atoms with Crippen LogP contribution in [-0.2, 0) is 6.54 Å². The number of rotatable bonds is 3. The predicted octanol–water partition coefficient (Wildman–Crippen LogP) is 3.83. The number of amides is 2. The van der Waals surface area contributed by atoms with E-state index in [4.69, 9.17) is 11.6 Å². The molecule has 0 radical (unpaired) electrons. The Morgan fingerprint density at radius 3 is 2.46 bits per heavy atom. The van der Waals surface area contributed by atoms with Gasteiger partial charge in [-0.25, -0.2) is 9.18 Å². The molecule has 0 bridgehead atoms. The van der Waals surface area contributed by atoms with Gasteiger partial charge in [0.2, 0.25) is 0 Å². The molecule has 24 heavy (non-hydrogen) atoms. The summed E-state index contributed by atoms with van der Waals surface area (Å²) in [5.41, 5.74) is 1.77. The van der Waals surface area contributed by atoms with E-state index >= 15 is 0 Å². The van der Waals surface area contributed by atoms with E-state index in [1.165, 1.54) is 23.8 Å². The first-order valence-electron chi connectivity index (χ1n) is 7.89. The fraction of sp³-hybridized carbons (Fsp3) is 0.278. The van der Waals surface area contributed by atoms with Crippen molar-refractivity contribution in [2.75, 3.05) is 31.5 Å². The average Bonchev–Trinajstić information content (AvgIpc) is 2.60. The SMILES string of the molecule is O=C(Nc1ccc(F)c(Cl)c1)N1CCN(Cc2ccccc2)CC1. The van der Waals surface area contributed by atoms with E-state index in [9.17, 15) is 9.18 Å². The van der Waals surface area contributed by atoms with Crippen LogP contribution < -0.4 is 5.32 Å². The van der Waals surface area contributed by atoms with Gasteiger partial charge in [0.25, 0.3) is 0 Å². The highest BCUT2D eigenvalue weighted by Gasteiger charge is 2.21. The number of piperazine rings is 1. The molecular formula is C18H19ClFN3O. The minimum absolute atomic E-state index is 0.000445. The summed E-state index contributed by atoms with van der Waals surface area (Å²) in [6.07, 6.45) is 0. The van der Waals surface area contributed by atoms with Crippen LogP contribution in [0.1, 0.15) is 5.56 Å². The van der Waals surface area contributed by atoms with E-state index in [1.54, 1.807) is 4.90 Å². The molecule has 0 saturated carbocycles. The molecule has 1 aliphatic rings. The average molecular weight is 348 g/mol. The monoisotopic (exact) mass is 347 g/mol. The van der Waals surface area contributed by atoms with Gasteiger partial charge < -0.3 is 10.2 Å². The van der Waals surface area contributed by atoms with Crippen LogP contribution in [0.2, 0.25) is 5.02 Å². The minimum Gasteiger partial charge on any atom is -0.322 e. The summed E-state index contributed by atoms with van der Waals surface area (Å²) in [5.74, 6) is -0.496. The van der Waals surface area contributed by atoms with E-state index in [-0.39, 0.29) is 11.1 Å². The van der Waals surface area contributed by atoms with Crippen molar-refractivity contribution >= 4 is 23.3 Å². The Bertz CT molecular complexity index is 703. The van der Waals surface area contributed by atoms with E-state index < -0.39 is 5.82 Å². The van der Waals surface area contributed by atoms with Crippen LogP contribution in [0.25, 0.3) is 0 Å². The Hall–Kier alpha value is -2.11. The third-order valence-electron chi connectivity index (χ3n) is 4.08. The zero-order valence-corrected chi connectivity index (χ0v) is 14.0. The van der Waals surface area contributed by atoms with Crippen LogP contribution in [-0.4, -0.2) is 42.0 Å². The predicted molar refractivity (Wildman–Crippen MR) is 93.7 cm³/mol. The molecule has 0 aromatic heterocycles. The first kappa shape index (κ1) is 16.7. The number of halogens is 2. The van der Waals surface area contributed by atoms with Crippen molar-refractivity contribution in [3.63, 3.8) is 0 Å². The van der Waals surface area contributed by atoms with Crippen molar-refractivity contribution < 1.29 is 9.18 Å². The van der Waals surface area contributed by atoms with Crippen molar-refractivity contribution in [3.05, 3.63) is 64.9 Å². The van der Waals surface area contributed by atoms with Gasteiger partial charge in [0, 0.05) is 38.4 Å². The molecule has 0 aliphatic carbocycles. The van der Waals surface area contributed by atoms with Gasteiger partial charge in [-0.3, -0.25) is 4.90 Å². The van der Waals surface area contributed by atoms with Crippen molar-refractivity contribution in [3.8, 4) is 0 Å². The number of nitrogens with zero attached hydrogens (tertiary/aromatic N) is 2. The first-order chi connectivity index (χ1) is 11.6. The van der Waals surface area contributed by atoms with Crippen LogP contribution in [0, 0.1) is 5.82 Å². The molecule has 2 aromatic carbocycles. The molecule has 1 fully saturated rings. The Balaban J connectivity index is 1.50. The van der Waals surface area contributed by atoms with Crippen LogP contribution in [0.4, 0.5) is 14.9 Å². The maximum atomic E-state index is 13.2. The second-order valence-corrected chi connectivity index (χ2v) is 6.22. The Morgan fingerprint density at radius 2 is 1.79 bits per heavy atom. The zero-order chi connectivity index (χ0) is 16.9.